The van der Waals surface area contributed by atoms with Gasteiger partial charge in [0.2, 0.25) is 0 Å². The molecule has 0 saturated carbocycles. The van der Waals surface area contributed by atoms with Crippen LogP contribution in [-0.2, 0) is 9.53 Å². The van der Waals surface area contributed by atoms with Crippen LogP contribution in [0.4, 0.5) is 0 Å². The molecule has 0 rings (SSSR count). The Kier molecular flexibility index (Phi) is 4.59. The van der Waals surface area contributed by atoms with Crippen LogP contribution in [0.15, 0.2) is 0 Å². The molecule has 0 bridgehead atoms. The van der Waals surface area contributed by atoms with Crippen LogP contribution < -0.4 is 5.73 Å². The zero-order valence-corrected chi connectivity index (χ0v) is 10.0. The lowest BCUT2D eigenvalue weighted by Crippen LogP contribution is -2.42. The summed E-state index contributed by atoms with van der Waals surface area (Å²) in [7, 11) is 0. The summed E-state index contributed by atoms with van der Waals surface area (Å²) in [6.45, 7) is 9.57. The van der Waals surface area contributed by atoms with Crippen molar-refractivity contribution < 1.29 is 9.53 Å². The second-order valence-electron chi connectivity index (χ2n) is 4.83. The van der Waals surface area contributed by atoms with Crippen molar-refractivity contribution >= 4 is 5.97 Å². The summed E-state index contributed by atoms with van der Waals surface area (Å²) >= 11 is 0. The average Bonchev–Trinajstić information content (AvgIpc) is 2.00. The molecule has 0 unspecified atom stereocenters. The second kappa shape index (κ2) is 4.78. The minimum absolute atomic E-state index is 0.205. The predicted molar refractivity (Wildman–Crippen MR) is 58.0 cm³/mol. The maximum atomic E-state index is 11.5. The van der Waals surface area contributed by atoms with Gasteiger partial charge in [0.05, 0.1) is 6.42 Å². The number of esters is 1. The molecule has 0 aromatic rings. The van der Waals surface area contributed by atoms with Crippen LogP contribution in [0.1, 0.15) is 53.9 Å². The third kappa shape index (κ3) is 5.22. The molecule has 2 N–H and O–H groups in total. The minimum atomic E-state index is -0.417. The summed E-state index contributed by atoms with van der Waals surface area (Å²) in [6.07, 6.45) is 1.89. The summed E-state index contributed by atoms with van der Waals surface area (Å²) in [6, 6.07) is 0. The van der Waals surface area contributed by atoms with E-state index in [9.17, 15) is 4.79 Å². The average molecular weight is 201 g/mol. The Morgan fingerprint density at radius 2 is 1.64 bits per heavy atom. The Morgan fingerprint density at radius 1 is 1.21 bits per heavy atom. The van der Waals surface area contributed by atoms with Gasteiger partial charge in [-0.1, -0.05) is 13.8 Å². The van der Waals surface area contributed by atoms with Crippen LogP contribution in [0.25, 0.3) is 0 Å². The van der Waals surface area contributed by atoms with E-state index in [1.165, 1.54) is 0 Å². The first-order valence-corrected chi connectivity index (χ1v) is 5.23. The fraction of sp³-hybridized carbons (Fsp3) is 0.909. The zero-order valence-electron chi connectivity index (χ0n) is 10.0. The maximum absolute atomic E-state index is 11.5. The zero-order chi connectivity index (χ0) is 11.4. The number of rotatable bonds is 4. The summed E-state index contributed by atoms with van der Waals surface area (Å²) in [5.41, 5.74) is 5.20. The molecular weight excluding hydrogens is 178 g/mol. The molecule has 0 heterocycles. The Morgan fingerprint density at radius 3 is 1.93 bits per heavy atom. The first-order chi connectivity index (χ1) is 6.22. The molecule has 0 radical (unpaired) electrons. The molecule has 0 saturated heterocycles. The number of carbonyl (C=O) groups excluding carboxylic acids is 1. The molecule has 14 heavy (non-hydrogen) atoms. The lowest BCUT2D eigenvalue weighted by Gasteiger charge is -2.27. The lowest BCUT2D eigenvalue weighted by atomic mass is 9.90. The first kappa shape index (κ1) is 13.4. The molecule has 0 spiro atoms. The molecule has 0 aromatic carbocycles. The summed E-state index contributed by atoms with van der Waals surface area (Å²) < 4.78 is 5.22. The molecule has 3 heteroatoms. The molecule has 0 fully saturated rings. The molecule has 0 aliphatic rings. The number of nitrogens with two attached hydrogens (primary N) is 1. The maximum Gasteiger partial charge on any atom is 0.308 e. The molecule has 0 aromatic heterocycles. The van der Waals surface area contributed by atoms with Gasteiger partial charge in [0, 0.05) is 5.54 Å². The van der Waals surface area contributed by atoms with Gasteiger partial charge in [-0.05, 0) is 33.6 Å². The van der Waals surface area contributed by atoms with Gasteiger partial charge in [-0.2, -0.15) is 0 Å². The van der Waals surface area contributed by atoms with Gasteiger partial charge in [-0.3, -0.25) is 4.79 Å². The van der Waals surface area contributed by atoms with Gasteiger partial charge in [-0.15, -0.1) is 0 Å². The van der Waals surface area contributed by atoms with E-state index in [1.54, 1.807) is 0 Å². The van der Waals surface area contributed by atoms with Gasteiger partial charge in [0.1, 0.15) is 5.60 Å². The molecule has 0 aliphatic carbocycles. The van der Waals surface area contributed by atoms with Crippen molar-refractivity contribution in [2.45, 2.75) is 65.0 Å². The highest BCUT2D eigenvalue weighted by molar-refractivity contribution is 5.71. The van der Waals surface area contributed by atoms with Crippen molar-refractivity contribution in [1.82, 2.24) is 0 Å². The minimum Gasteiger partial charge on any atom is -0.460 e. The highest BCUT2D eigenvalue weighted by Gasteiger charge is 2.27. The number of ether oxygens (including phenoxy) is 1. The number of hydrogen-bond donors (Lipinski definition) is 1. The van der Waals surface area contributed by atoms with E-state index in [4.69, 9.17) is 10.5 Å². The fourth-order valence-corrected chi connectivity index (χ4v) is 1.17. The van der Waals surface area contributed by atoms with Crippen molar-refractivity contribution in [2.24, 2.45) is 5.73 Å². The Bertz CT molecular complexity index is 190. The van der Waals surface area contributed by atoms with Crippen molar-refractivity contribution in [3.63, 3.8) is 0 Å². The van der Waals surface area contributed by atoms with Crippen molar-refractivity contribution in [2.75, 3.05) is 0 Å². The predicted octanol–water partition coefficient (Wildman–Crippen LogP) is 2.24. The summed E-state index contributed by atoms with van der Waals surface area (Å²) in [4.78, 5) is 11.5. The number of carbonyl (C=O) groups is 1. The first-order valence-electron chi connectivity index (χ1n) is 5.23. The topological polar surface area (TPSA) is 52.3 Å². The lowest BCUT2D eigenvalue weighted by molar-refractivity contribution is -0.156. The Labute approximate surface area is 87.0 Å². The smallest absolute Gasteiger partial charge is 0.308 e. The van der Waals surface area contributed by atoms with E-state index in [-0.39, 0.29) is 5.97 Å². The van der Waals surface area contributed by atoms with E-state index in [2.05, 4.69) is 0 Å². The van der Waals surface area contributed by atoms with Gasteiger partial charge in [0.15, 0.2) is 0 Å². The normalized spacial score (nSPS) is 12.7. The quantitative estimate of drug-likeness (QED) is 0.710. The SMILES string of the molecule is CCC(N)(CC)CC(=O)OC(C)(C)C. The highest BCUT2D eigenvalue weighted by atomic mass is 16.6. The van der Waals surface area contributed by atoms with Crippen molar-refractivity contribution in [3.05, 3.63) is 0 Å². The third-order valence-corrected chi connectivity index (χ3v) is 2.32. The standard InChI is InChI=1S/C11H23NO2/c1-6-11(12,7-2)8-9(13)14-10(3,4)5/h6-8,12H2,1-5H3. The Balaban J connectivity index is 4.18. The molecule has 0 atom stereocenters. The molecule has 3 nitrogen and oxygen atoms in total. The monoisotopic (exact) mass is 201 g/mol. The number of hydrogen-bond acceptors (Lipinski definition) is 3. The van der Waals surface area contributed by atoms with Crippen LogP contribution in [0.3, 0.4) is 0 Å². The summed E-state index contributed by atoms with van der Waals surface area (Å²) in [5.74, 6) is -0.205. The van der Waals surface area contributed by atoms with E-state index in [1.807, 2.05) is 34.6 Å². The van der Waals surface area contributed by atoms with Gasteiger partial charge in [-0.25, -0.2) is 0 Å². The van der Waals surface area contributed by atoms with Gasteiger partial charge in [0.25, 0.3) is 0 Å². The molecule has 0 aliphatic heterocycles. The van der Waals surface area contributed by atoms with E-state index < -0.39 is 11.1 Å². The van der Waals surface area contributed by atoms with Crippen LogP contribution in [0.5, 0.6) is 0 Å². The third-order valence-electron chi connectivity index (χ3n) is 2.32. The van der Waals surface area contributed by atoms with E-state index >= 15 is 0 Å². The van der Waals surface area contributed by atoms with Crippen molar-refractivity contribution in [3.8, 4) is 0 Å². The van der Waals surface area contributed by atoms with E-state index in [0.29, 0.717) is 6.42 Å². The molecule has 84 valence electrons. The van der Waals surface area contributed by atoms with Gasteiger partial charge >= 0.3 is 5.97 Å². The Hall–Kier alpha value is -0.570. The second-order valence-corrected chi connectivity index (χ2v) is 4.83. The van der Waals surface area contributed by atoms with Crippen LogP contribution >= 0.6 is 0 Å². The highest BCUT2D eigenvalue weighted by Crippen LogP contribution is 2.18. The van der Waals surface area contributed by atoms with Crippen LogP contribution in [0.2, 0.25) is 0 Å². The summed E-state index contributed by atoms with van der Waals surface area (Å²) in [5, 5.41) is 0. The molecule has 0 amide bonds. The van der Waals surface area contributed by atoms with Crippen molar-refractivity contribution in [1.29, 1.82) is 0 Å². The largest absolute Gasteiger partial charge is 0.460 e. The van der Waals surface area contributed by atoms with Gasteiger partial charge < -0.3 is 10.5 Å². The van der Waals surface area contributed by atoms with Crippen LogP contribution in [0, 0.1) is 0 Å². The molecular formula is C11H23NO2. The van der Waals surface area contributed by atoms with Crippen LogP contribution in [-0.4, -0.2) is 17.1 Å². The fourth-order valence-electron chi connectivity index (χ4n) is 1.17. The van der Waals surface area contributed by atoms with E-state index in [0.717, 1.165) is 12.8 Å².